The van der Waals surface area contributed by atoms with Crippen molar-refractivity contribution in [2.24, 2.45) is 5.41 Å². The second kappa shape index (κ2) is 6.64. The molecule has 8 heteroatoms. The van der Waals surface area contributed by atoms with Gasteiger partial charge in [-0.05, 0) is 42.0 Å². The summed E-state index contributed by atoms with van der Waals surface area (Å²) in [5, 5.41) is 10.9. The molecule has 2 aliphatic heterocycles. The SMILES string of the molecule is CCN1CC2(CCC1=O)CCN(C(=O)CCn1cnnn1)CC2. The quantitative estimate of drug-likeness (QED) is 0.797. The number of rotatable bonds is 4. The number of hydrogen-bond acceptors (Lipinski definition) is 5. The van der Waals surface area contributed by atoms with E-state index in [1.54, 1.807) is 4.68 Å². The third kappa shape index (κ3) is 3.51. The van der Waals surface area contributed by atoms with Gasteiger partial charge in [-0.3, -0.25) is 9.59 Å². The molecule has 0 saturated carbocycles. The monoisotopic (exact) mass is 320 g/mol. The molecule has 2 amide bonds. The Labute approximate surface area is 135 Å². The van der Waals surface area contributed by atoms with Gasteiger partial charge in [-0.1, -0.05) is 0 Å². The van der Waals surface area contributed by atoms with Crippen molar-refractivity contribution >= 4 is 11.8 Å². The van der Waals surface area contributed by atoms with E-state index >= 15 is 0 Å². The second-order valence-electron chi connectivity index (χ2n) is 6.61. The molecule has 2 saturated heterocycles. The Morgan fingerprint density at radius 1 is 1.30 bits per heavy atom. The standard InChI is InChI=1S/C15H24N6O2/c1-2-19-11-15(5-3-13(19)22)6-9-20(10-7-15)14(23)4-8-21-12-16-17-18-21/h12H,2-11H2,1H3. The number of aryl methyl sites for hydroxylation is 1. The first-order valence-corrected chi connectivity index (χ1v) is 8.38. The van der Waals surface area contributed by atoms with Gasteiger partial charge < -0.3 is 9.80 Å². The van der Waals surface area contributed by atoms with Crippen LogP contribution in [0.3, 0.4) is 0 Å². The topological polar surface area (TPSA) is 84.2 Å². The number of carbonyl (C=O) groups is 2. The van der Waals surface area contributed by atoms with Gasteiger partial charge in [-0.25, -0.2) is 4.68 Å². The van der Waals surface area contributed by atoms with E-state index in [4.69, 9.17) is 0 Å². The van der Waals surface area contributed by atoms with Gasteiger partial charge >= 0.3 is 0 Å². The van der Waals surface area contributed by atoms with Crippen molar-refractivity contribution in [2.75, 3.05) is 26.2 Å². The zero-order chi connectivity index (χ0) is 16.3. The minimum absolute atomic E-state index is 0.162. The summed E-state index contributed by atoms with van der Waals surface area (Å²) >= 11 is 0. The average Bonchev–Trinajstić information content (AvgIpc) is 3.09. The molecule has 1 aromatic rings. The van der Waals surface area contributed by atoms with Gasteiger partial charge in [-0.2, -0.15) is 0 Å². The summed E-state index contributed by atoms with van der Waals surface area (Å²) in [6, 6.07) is 0. The first kappa shape index (κ1) is 15.9. The maximum Gasteiger partial charge on any atom is 0.224 e. The van der Waals surface area contributed by atoms with Gasteiger partial charge in [-0.15, -0.1) is 5.10 Å². The Balaban J connectivity index is 1.49. The van der Waals surface area contributed by atoms with Gasteiger partial charge in [0.05, 0.1) is 6.54 Å². The van der Waals surface area contributed by atoms with Crippen molar-refractivity contribution < 1.29 is 9.59 Å². The molecule has 1 aromatic heterocycles. The molecule has 0 aliphatic carbocycles. The fraction of sp³-hybridized carbons (Fsp3) is 0.800. The van der Waals surface area contributed by atoms with E-state index in [-0.39, 0.29) is 17.2 Å². The lowest BCUT2D eigenvalue weighted by Gasteiger charge is -2.47. The van der Waals surface area contributed by atoms with Gasteiger partial charge in [0.15, 0.2) is 0 Å². The van der Waals surface area contributed by atoms with Crippen LogP contribution in [0, 0.1) is 5.41 Å². The van der Waals surface area contributed by atoms with Gasteiger partial charge in [0, 0.05) is 39.0 Å². The maximum absolute atomic E-state index is 12.3. The zero-order valence-corrected chi connectivity index (χ0v) is 13.6. The summed E-state index contributed by atoms with van der Waals surface area (Å²) in [7, 11) is 0. The Hall–Kier alpha value is -1.99. The maximum atomic E-state index is 12.3. The molecule has 0 atom stereocenters. The molecule has 126 valence electrons. The second-order valence-corrected chi connectivity index (χ2v) is 6.61. The van der Waals surface area contributed by atoms with Crippen LogP contribution >= 0.6 is 0 Å². The van der Waals surface area contributed by atoms with Crippen LogP contribution in [0.1, 0.15) is 39.0 Å². The van der Waals surface area contributed by atoms with E-state index in [0.717, 1.165) is 45.4 Å². The normalized spacial score (nSPS) is 21.0. The highest BCUT2D eigenvalue weighted by Gasteiger charge is 2.41. The summed E-state index contributed by atoms with van der Waals surface area (Å²) in [5.74, 6) is 0.438. The van der Waals surface area contributed by atoms with E-state index in [9.17, 15) is 9.59 Å². The number of nitrogens with zero attached hydrogens (tertiary/aromatic N) is 6. The Morgan fingerprint density at radius 2 is 2.09 bits per heavy atom. The molecule has 0 aromatic carbocycles. The first-order chi connectivity index (χ1) is 11.1. The third-order valence-electron chi connectivity index (χ3n) is 5.25. The molecular formula is C15H24N6O2. The molecule has 8 nitrogen and oxygen atoms in total. The van der Waals surface area contributed by atoms with Crippen molar-refractivity contribution in [3.05, 3.63) is 6.33 Å². The third-order valence-corrected chi connectivity index (χ3v) is 5.25. The van der Waals surface area contributed by atoms with E-state index in [1.165, 1.54) is 6.33 Å². The predicted molar refractivity (Wildman–Crippen MR) is 82.2 cm³/mol. The van der Waals surface area contributed by atoms with Crippen LogP contribution in [0.2, 0.25) is 0 Å². The van der Waals surface area contributed by atoms with E-state index < -0.39 is 0 Å². The van der Waals surface area contributed by atoms with Crippen molar-refractivity contribution in [3.63, 3.8) is 0 Å². The smallest absolute Gasteiger partial charge is 0.224 e. The highest BCUT2D eigenvalue weighted by atomic mass is 16.2. The highest BCUT2D eigenvalue weighted by Crippen LogP contribution is 2.40. The van der Waals surface area contributed by atoms with Crippen molar-refractivity contribution in [3.8, 4) is 0 Å². The lowest BCUT2D eigenvalue weighted by atomic mass is 9.72. The minimum atomic E-state index is 0.162. The minimum Gasteiger partial charge on any atom is -0.343 e. The van der Waals surface area contributed by atoms with Gasteiger partial charge in [0.25, 0.3) is 0 Å². The fourth-order valence-corrected chi connectivity index (χ4v) is 3.68. The molecule has 0 unspecified atom stereocenters. The van der Waals surface area contributed by atoms with Crippen molar-refractivity contribution in [1.29, 1.82) is 0 Å². The number of piperidine rings is 2. The summed E-state index contributed by atoms with van der Waals surface area (Å²) in [5.41, 5.74) is 0.219. The molecule has 1 spiro atoms. The number of aromatic nitrogens is 4. The highest BCUT2D eigenvalue weighted by molar-refractivity contribution is 5.77. The molecule has 3 heterocycles. The van der Waals surface area contributed by atoms with Crippen LogP contribution in [-0.2, 0) is 16.1 Å². The molecule has 0 radical (unpaired) electrons. The van der Waals surface area contributed by atoms with E-state index in [0.29, 0.717) is 19.4 Å². The van der Waals surface area contributed by atoms with Crippen molar-refractivity contribution in [2.45, 2.75) is 45.6 Å². The van der Waals surface area contributed by atoms with Crippen LogP contribution in [0.15, 0.2) is 6.33 Å². The Morgan fingerprint density at radius 3 is 2.74 bits per heavy atom. The number of carbonyl (C=O) groups excluding carboxylic acids is 2. The predicted octanol–water partition coefficient (Wildman–Crippen LogP) is 0.314. The van der Waals surface area contributed by atoms with Gasteiger partial charge in [0.1, 0.15) is 6.33 Å². The zero-order valence-electron chi connectivity index (χ0n) is 13.6. The molecule has 23 heavy (non-hydrogen) atoms. The molecule has 2 aliphatic rings. The summed E-state index contributed by atoms with van der Waals surface area (Å²) < 4.78 is 1.58. The number of hydrogen-bond donors (Lipinski definition) is 0. The molecule has 2 fully saturated rings. The van der Waals surface area contributed by atoms with Crippen LogP contribution < -0.4 is 0 Å². The van der Waals surface area contributed by atoms with Crippen LogP contribution in [0.5, 0.6) is 0 Å². The van der Waals surface area contributed by atoms with E-state index in [2.05, 4.69) is 15.5 Å². The van der Waals surface area contributed by atoms with Crippen LogP contribution in [0.4, 0.5) is 0 Å². The van der Waals surface area contributed by atoms with Crippen LogP contribution in [0.25, 0.3) is 0 Å². The molecular weight excluding hydrogens is 296 g/mol. The van der Waals surface area contributed by atoms with Crippen LogP contribution in [-0.4, -0.2) is 68.0 Å². The number of amides is 2. The average molecular weight is 320 g/mol. The van der Waals surface area contributed by atoms with E-state index in [1.807, 2.05) is 16.7 Å². The molecule has 0 N–H and O–H groups in total. The lowest BCUT2D eigenvalue weighted by molar-refractivity contribution is -0.142. The van der Waals surface area contributed by atoms with Gasteiger partial charge in [0.2, 0.25) is 11.8 Å². The number of tetrazole rings is 1. The Kier molecular flexibility index (Phi) is 4.58. The molecule has 0 bridgehead atoms. The fourth-order valence-electron chi connectivity index (χ4n) is 3.68. The summed E-state index contributed by atoms with van der Waals surface area (Å²) in [6.45, 7) is 5.78. The summed E-state index contributed by atoms with van der Waals surface area (Å²) in [4.78, 5) is 28.1. The first-order valence-electron chi connectivity index (χ1n) is 8.38. The summed E-state index contributed by atoms with van der Waals surface area (Å²) in [6.07, 6.45) is 5.56. The lowest BCUT2D eigenvalue weighted by Crippen LogP contribution is -2.52. The van der Waals surface area contributed by atoms with Crippen molar-refractivity contribution in [1.82, 2.24) is 30.0 Å². The molecule has 3 rings (SSSR count). The number of likely N-dealkylation sites (tertiary alicyclic amines) is 2. The Bertz CT molecular complexity index is 550. The largest absolute Gasteiger partial charge is 0.343 e.